The van der Waals surface area contributed by atoms with Gasteiger partial charge in [0.05, 0.1) is 13.2 Å². The van der Waals surface area contributed by atoms with E-state index in [0.717, 1.165) is 22.3 Å². The van der Waals surface area contributed by atoms with Crippen LogP contribution in [0.2, 0.25) is 0 Å². The summed E-state index contributed by atoms with van der Waals surface area (Å²) in [6.45, 7) is 4.54. The van der Waals surface area contributed by atoms with Crippen LogP contribution in [0.25, 0.3) is 11.1 Å². The highest BCUT2D eigenvalue weighted by molar-refractivity contribution is 5.80. The van der Waals surface area contributed by atoms with Crippen molar-refractivity contribution in [2.75, 3.05) is 26.3 Å². The Bertz CT molecular complexity index is 1020. The average molecular weight is 467 g/mol. The molecule has 1 heterocycles. The summed E-state index contributed by atoms with van der Waals surface area (Å²) < 4.78 is 10.8. The van der Waals surface area contributed by atoms with E-state index in [1.165, 1.54) is 4.90 Å². The highest BCUT2D eigenvalue weighted by Crippen LogP contribution is 2.44. The van der Waals surface area contributed by atoms with Crippen LogP contribution in [0, 0.1) is 5.92 Å². The van der Waals surface area contributed by atoms with Crippen molar-refractivity contribution in [3.05, 3.63) is 59.7 Å². The van der Waals surface area contributed by atoms with Gasteiger partial charge in [0, 0.05) is 24.9 Å². The molecule has 1 fully saturated rings. The van der Waals surface area contributed by atoms with E-state index in [-0.39, 0.29) is 43.9 Å². The minimum atomic E-state index is -1.09. The zero-order chi connectivity index (χ0) is 24.2. The molecule has 2 aromatic carbocycles. The summed E-state index contributed by atoms with van der Waals surface area (Å²) in [5.41, 5.74) is 4.57. The number of carbonyl (C=O) groups is 3. The quantitative estimate of drug-likeness (QED) is 0.649. The molecular formula is C26H30N2O6. The van der Waals surface area contributed by atoms with Crippen LogP contribution >= 0.6 is 0 Å². The smallest absolute Gasteiger partial charge is 0.407 e. The molecule has 0 radical (unpaired) electrons. The van der Waals surface area contributed by atoms with Crippen LogP contribution in [0.4, 0.5) is 4.79 Å². The van der Waals surface area contributed by atoms with Gasteiger partial charge in [0.2, 0.25) is 5.91 Å². The van der Waals surface area contributed by atoms with E-state index in [4.69, 9.17) is 14.6 Å². The number of benzene rings is 2. The first-order valence-corrected chi connectivity index (χ1v) is 11.6. The zero-order valence-electron chi connectivity index (χ0n) is 19.4. The summed E-state index contributed by atoms with van der Waals surface area (Å²) in [4.78, 5) is 38.2. The summed E-state index contributed by atoms with van der Waals surface area (Å²) in [6.07, 6.45) is -1.53. The SMILES string of the molecule is CC(C)[C@@H](CC(=O)N1CCOC(C(=O)O)C1)NC(=O)OCC1c2ccccc2-c2ccccc21. The van der Waals surface area contributed by atoms with Crippen molar-refractivity contribution < 1.29 is 29.0 Å². The maximum atomic E-state index is 12.8. The first-order valence-electron chi connectivity index (χ1n) is 11.6. The van der Waals surface area contributed by atoms with Crippen LogP contribution in [0.3, 0.4) is 0 Å². The molecule has 0 spiro atoms. The Hall–Kier alpha value is -3.39. The van der Waals surface area contributed by atoms with Crippen molar-refractivity contribution >= 4 is 18.0 Å². The van der Waals surface area contributed by atoms with Gasteiger partial charge in [-0.3, -0.25) is 4.79 Å². The molecule has 0 aromatic heterocycles. The van der Waals surface area contributed by atoms with E-state index < -0.39 is 24.2 Å². The predicted molar refractivity (Wildman–Crippen MR) is 125 cm³/mol. The number of fused-ring (bicyclic) bond motifs is 3. The molecule has 1 unspecified atom stereocenters. The fourth-order valence-corrected chi connectivity index (χ4v) is 4.59. The summed E-state index contributed by atoms with van der Waals surface area (Å²) in [7, 11) is 0. The van der Waals surface area contributed by atoms with Gasteiger partial charge in [0.1, 0.15) is 6.61 Å². The van der Waals surface area contributed by atoms with Crippen LogP contribution in [0.15, 0.2) is 48.5 Å². The number of amides is 2. The van der Waals surface area contributed by atoms with Crippen LogP contribution in [-0.2, 0) is 19.1 Å². The molecule has 2 aliphatic rings. The number of carbonyl (C=O) groups excluding carboxylic acids is 2. The number of alkyl carbamates (subject to hydrolysis) is 1. The van der Waals surface area contributed by atoms with Crippen molar-refractivity contribution in [2.24, 2.45) is 5.92 Å². The second-order valence-corrected chi connectivity index (χ2v) is 9.06. The normalized spacial score (nSPS) is 18.2. The van der Waals surface area contributed by atoms with E-state index in [0.29, 0.717) is 6.54 Å². The van der Waals surface area contributed by atoms with Crippen molar-refractivity contribution in [1.82, 2.24) is 10.2 Å². The summed E-state index contributed by atoms with van der Waals surface area (Å²) >= 11 is 0. The lowest BCUT2D eigenvalue weighted by atomic mass is 9.98. The fraction of sp³-hybridized carbons (Fsp3) is 0.423. The molecule has 4 rings (SSSR count). The number of nitrogens with zero attached hydrogens (tertiary/aromatic N) is 1. The van der Waals surface area contributed by atoms with Crippen LogP contribution in [0.5, 0.6) is 0 Å². The van der Waals surface area contributed by atoms with Gasteiger partial charge in [-0.1, -0.05) is 62.4 Å². The van der Waals surface area contributed by atoms with Gasteiger partial charge in [-0.15, -0.1) is 0 Å². The zero-order valence-corrected chi connectivity index (χ0v) is 19.4. The largest absolute Gasteiger partial charge is 0.479 e. The van der Waals surface area contributed by atoms with E-state index in [9.17, 15) is 14.4 Å². The molecular weight excluding hydrogens is 436 g/mol. The molecule has 2 atom stereocenters. The number of nitrogens with one attached hydrogen (secondary N) is 1. The lowest BCUT2D eigenvalue weighted by molar-refractivity contribution is -0.159. The highest BCUT2D eigenvalue weighted by atomic mass is 16.5. The molecule has 8 nitrogen and oxygen atoms in total. The van der Waals surface area contributed by atoms with Crippen molar-refractivity contribution in [3.8, 4) is 11.1 Å². The molecule has 0 saturated carbocycles. The molecule has 1 saturated heterocycles. The Labute approximate surface area is 198 Å². The number of carboxylic acid groups (broad SMARTS) is 1. The van der Waals surface area contributed by atoms with E-state index in [2.05, 4.69) is 29.6 Å². The molecule has 2 N–H and O–H groups in total. The number of morpholine rings is 1. The lowest BCUT2D eigenvalue weighted by Gasteiger charge is -2.32. The standard InChI is InChI=1S/C26H30N2O6/c1-16(2)22(13-24(29)28-11-12-33-23(14-28)25(30)31)27-26(32)34-15-21-19-9-5-3-7-17(19)18-8-4-6-10-20(18)21/h3-10,16,21-23H,11-15H2,1-2H3,(H,27,32)(H,30,31)/t22-,23?/m1/s1. The van der Waals surface area contributed by atoms with Gasteiger partial charge in [-0.05, 0) is 28.2 Å². The van der Waals surface area contributed by atoms with Crippen molar-refractivity contribution in [2.45, 2.75) is 38.3 Å². The Morgan fingerprint density at radius 2 is 1.71 bits per heavy atom. The molecule has 180 valence electrons. The highest BCUT2D eigenvalue weighted by Gasteiger charge is 2.32. The first kappa shape index (κ1) is 23.8. The minimum Gasteiger partial charge on any atom is -0.479 e. The van der Waals surface area contributed by atoms with Gasteiger partial charge < -0.3 is 24.8 Å². The predicted octanol–water partition coefficient (Wildman–Crippen LogP) is 3.25. The fourth-order valence-electron chi connectivity index (χ4n) is 4.59. The second kappa shape index (κ2) is 10.3. The summed E-state index contributed by atoms with van der Waals surface area (Å²) in [6, 6.07) is 15.8. The Kier molecular flexibility index (Phi) is 7.17. The molecule has 2 aromatic rings. The monoisotopic (exact) mass is 466 g/mol. The first-order chi connectivity index (χ1) is 16.3. The Morgan fingerprint density at radius 3 is 2.29 bits per heavy atom. The second-order valence-electron chi connectivity index (χ2n) is 9.06. The molecule has 34 heavy (non-hydrogen) atoms. The Balaban J connectivity index is 1.36. The maximum absolute atomic E-state index is 12.8. The number of carboxylic acids is 1. The summed E-state index contributed by atoms with van der Waals surface area (Å²) in [5.74, 6) is -1.36. The molecule has 1 aliphatic carbocycles. The maximum Gasteiger partial charge on any atom is 0.407 e. The topological polar surface area (TPSA) is 105 Å². The van der Waals surface area contributed by atoms with E-state index in [1.807, 2.05) is 38.1 Å². The van der Waals surface area contributed by atoms with Crippen LogP contribution in [0.1, 0.15) is 37.3 Å². The Morgan fingerprint density at radius 1 is 1.09 bits per heavy atom. The molecule has 2 amide bonds. The third-order valence-corrected chi connectivity index (χ3v) is 6.54. The van der Waals surface area contributed by atoms with Crippen LogP contribution < -0.4 is 5.32 Å². The van der Waals surface area contributed by atoms with E-state index >= 15 is 0 Å². The van der Waals surface area contributed by atoms with E-state index in [1.54, 1.807) is 0 Å². The average Bonchev–Trinajstić information content (AvgIpc) is 3.16. The number of aliphatic carboxylic acids is 1. The molecule has 1 aliphatic heterocycles. The minimum absolute atomic E-state index is 0.00390. The number of hydrogen-bond acceptors (Lipinski definition) is 5. The van der Waals surface area contributed by atoms with Gasteiger partial charge in [0.25, 0.3) is 0 Å². The van der Waals surface area contributed by atoms with Gasteiger partial charge in [0.15, 0.2) is 6.10 Å². The van der Waals surface area contributed by atoms with Gasteiger partial charge >= 0.3 is 12.1 Å². The number of rotatable bonds is 7. The third kappa shape index (κ3) is 5.07. The third-order valence-electron chi connectivity index (χ3n) is 6.54. The summed E-state index contributed by atoms with van der Waals surface area (Å²) in [5, 5.41) is 12.0. The van der Waals surface area contributed by atoms with Gasteiger partial charge in [-0.25, -0.2) is 9.59 Å². The van der Waals surface area contributed by atoms with Gasteiger partial charge in [-0.2, -0.15) is 0 Å². The van der Waals surface area contributed by atoms with Crippen molar-refractivity contribution in [1.29, 1.82) is 0 Å². The van der Waals surface area contributed by atoms with Crippen LogP contribution in [-0.4, -0.2) is 66.4 Å². The number of hydrogen-bond donors (Lipinski definition) is 2. The molecule has 8 heteroatoms. The lowest BCUT2D eigenvalue weighted by Crippen LogP contribution is -2.50. The molecule has 0 bridgehead atoms. The van der Waals surface area contributed by atoms with Crippen molar-refractivity contribution in [3.63, 3.8) is 0 Å². The number of ether oxygens (including phenoxy) is 2.